The number of likely N-dealkylation sites (N-methyl/N-ethyl adjacent to an activating group) is 1. The number of carbonyl (C=O) groups is 2. The van der Waals surface area contributed by atoms with Gasteiger partial charge < -0.3 is 15.0 Å². The number of benzene rings is 2. The fourth-order valence-corrected chi connectivity index (χ4v) is 2.83. The molecule has 0 atom stereocenters. The summed E-state index contributed by atoms with van der Waals surface area (Å²) >= 11 is 1.64. The van der Waals surface area contributed by atoms with Gasteiger partial charge in [-0.15, -0.1) is 11.8 Å². The molecular formula is C20H24N2O3S. The summed E-state index contributed by atoms with van der Waals surface area (Å²) in [5, 5.41) is 2.87. The molecule has 0 aliphatic carbocycles. The van der Waals surface area contributed by atoms with Crippen molar-refractivity contribution in [3.05, 3.63) is 53.6 Å². The van der Waals surface area contributed by atoms with E-state index < -0.39 is 0 Å². The van der Waals surface area contributed by atoms with Crippen molar-refractivity contribution in [2.24, 2.45) is 0 Å². The van der Waals surface area contributed by atoms with Crippen molar-refractivity contribution in [3.8, 4) is 5.75 Å². The van der Waals surface area contributed by atoms with Crippen molar-refractivity contribution in [1.29, 1.82) is 0 Å². The van der Waals surface area contributed by atoms with Crippen molar-refractivity contribution in [3.63, 3.8) is 0 Å². The summed E-state index contributed by atoms with van der Waals surface area (Å²) in [6, 6.07) is 13.3. The van der Waals surface area contributed by atoms with Crippen molar-refractivity contribution in [2.45, 2.75) is 18.7 Å². The summed E-state index contributed by atoms with van der Waals surface area (Å²) in [7, 11) is 1.59. The number of para-hydroxylation sites is 1. The first-order valence-electron chi connectivity index (χ1n) is 8.27. The van der Waals surface area contributed by atoms with Gasteiger partial charge in [0.05, 0.1) is 6.54 Å². The Hall–Kier alpha value is -2.47. The number of nitrogens with zero attached hydrogens (tertiary/aromatic N) is 1. The van der Waals surface area contributed by atoms with Crippen LogP contribution in [-0.2, 0) is 9.59 Å². The predicted octanol–water partition coefficient (Wildman–Crippen LogP) is 3.50. The van der Waals surface area contributed by atoms with Crippen molar-refractivity contribution in [1.82, 2.24) is 4.90 Å². The predicted molar refractivity (Wildman–Crippen MR) is 106 cm³/mol. The smallest absolute Gasteiger partial charge is 0.260 e. The molecule has 0 aromatic heterocycles. The van der Waals surface area contributed by atoms with Gasteiger partial charge in [-0.2, -0.15) is 0 Å². The highest BCUT2D eigenvalue weighted by atomic mass is 32.2. The van der Waals surface area contributed by atoms with Gasteiger partial charge in [0.2, 0.25) is 5.91 Å². The molecule has 0 saturated carbocycles. The maximum atomic E-state index is 12.2. The first kappa shape index (κ1) is 19.8. The fraction of sp³-hybridized carbons (Fsp3) is 0.300. The zero-order chi connectivity index (χ0) is 19.1. The van der Waals surface area contributed by atoms with Gasteiger partial charge in [-0.05, 0) is 55.5 Å². The number of thioether (sulfide) groups is 1. The standard InChI is InChI=1S/C20H24N2O3S/c1-14-6-5-7-15(2)20(14)21-18(23)12-22(3)19(24)13-25-16-8-10-17(26-4)11-9-16/h5-11H,12-13H2,1-4H3,(H,21,23). The van der Waals surface area contributed by atoms with Crippen molar-refractivity contribution < 1.29 is 14.3 Å². The third kappa shape index (κ3) is 5.52. The Bertz CT molecular complexity index is 755. The molecule has 2 aromatic carbocycles. The van der Waals surface area contributed by atoms with Crippen LogP contribution < -0.4 is 10.1 Å². The molecule has 0 saturated heterocycles. The van der Waals surface area contributed by atoms with Crippen molar-refractivity contribution in [2.75, 3.05) is 31.8 Å². The van der Waals surface area contributed by atoms with Gasteiger partial charge >= 0.3 is 0 Å². The molecule has 0 heterocycles. The number of hydrogen-bond donors (Lipinski definition) is 1. The average Bonchev–Trinajstić information content (AvgIpc) is 2.63. The van der Waals surface area contributed by atoms with Crippen LogP contribution in [0, 0.1) is 13.8 Å². The lowest BCUT2D eigenvalue weighted by Gasteiger charge is -2.18. The number of ether oxygens (including phenoxy) is 1. The first-order valence-corrected chi connectivity index (χ1v) is 9.50. The van der Waals surface area contributed by atoms with Crippen LogP contribution in [0.25, 0.3) is 0 Å². The average molecular weight is 372 g/mol. The summed E-state index contributed by atoms with van der Waals surface area (Å²) in [6.07, 6.45) is 2.00. The van der Waals surface area contributed by atoms with E-state index in [9.17, 15) is 9.59 Å². The Labute approximate surface area is 158 Å². The highest BCUT2D eigenvalue weighted by Gasteiger charge is 2.15. The molecule has 2 aromatic rings. The molecule has 2 rings (SSSR count). The molecule has 0 fully saturated rings. The molecule has 2 amide bonds. The number of amides is 2. The van der Waals surface area contributed by atoms with E-state index in [1.165, 1.54) is 4.90 Å². The highest BCUT2D eigenvalue weighted by Crippen LogP contribution is 2.20. The van der Waals surface area contributed by atoms with Crippen LogP contribution in [0.4, 0.5) is 5.69 Å². The van der Waals surface area contributed by atoms with Crippen LogP contribution in [0.1, 0.15) is 11.1 Å². The lowest BCUT2D eigenvalue weighted by molar-refractivity contribution is -0.135. The van der Waals surface area contributed by atoms with Gasteiger partial charge in [0.25, 0.3) is 5.91 Å². The van der Waals surface area contributed by atoms with E-state index in [0.717, 1.165) is 21.7 Å². The third-order valence-electron chi connectivity index (χ3n) is 3.97. The summed E-state index contributed by atoms with van der Waals surface area (Å²) < 4.78 is 5.49. The molecule has 0 spiro atoms. The number of aryl methyl sites for hydroxylation is 2. The van der Waals surface area contributed by atoms with Crippen LogP contribution in [-0.4, -0.2) is 43.2 Å². The Morgan fingerprint density at radius 3 is 2.27 bits per heavy atom. The van der Waals surface area contributed by atoms with Gasteiger partial charge in [0.15, 0.2) is 6.61 Å². The number of rotatable bonds is 7. The molecule has 26 heavy (non-hydrogen) atoms. The summed E-state index contributed by atoms with van der Waals surface area (Å²) in [6.45, 7) is 3.74. The maximum absolute atomic E-state index is 12.2. The molecule has 0 aliphatic heterocycles. The van der Waals surface area contributed by atoms with Crippen LogP contribution in [0.3, 0.4) is 0 Å². The molecule has 0 aliphatic rings. The zero-order valence-electron chi connectivity index (χ0n) is 15.5. The topological polar surface area (TPSA) is 58.6 Å². The van der Waals surface area contributed by atoms with Crippen LogP contribution in [0.5, 0.6) is 5.75 Å². The molecule has 6 heteroatoms. The summed E-state index contributed by atoms with van der Waals surface area (Å²) in [4.78, 5) is 26.9. The van der Waals surface area contributed by atoms with Crippen LogP contribution in [0.2, 0.25) is 0 Å². The Kier molecular flexibility index (Phi) is 7.09. The molecule has 138 valence electrons. The second-order valence-electron chi connectivity index (χ2n) is 6.03. The van der Waals surface area contributed by atoms with E-state index in [0.29, 0.717) is 5.75 Å². The van der Waals surface area contributed by atoms with E-state index in [4.69, 9.17) is 4.74 Å². The van der Waals surface area contributed by atoms with E-state index >= 15 is 0 Å². The van der Waals surface area contributed by atoms with Crippen LogP contribution >= 0.6 is 11.8 Å². The minimum atomic E-state index is -0.254. The highest BCUT2D eigenvalue weighted by molar-refractivity contribution is 7.98. The Balaban J connectivity index is 1.84. The SMILES string of the molecule is CSc1ccc(OCC(=O)N(C)CC(=O)Nc2c(C)cccc2C)cc1. The molecule has 0 radical (unpaired) electrons. The zero-order valence-corrected chi connectivity index (χ0v) is 16.4. The molecule has 5 nitrogen and oxygen atoms in total. The maximum Gasteiger partial charge on any atom is 0.260 e. The number of hydrogen-bond acceptors (Lipinski definition) is 4. The summed E-state index contributed by atoms with van der Waals surface area (Å²) in [5.74, 6) is 0.141. The monoisotopic (exact) mass is 372 g/mol. The molecule has 1 N–H and O–H groups in total. The minimum absolute atomic E-state index is 0.0264. The fourth-order valence-electron chi connectivity index (χ4n) is 2.42. The number of nitrogens with one attached hydrogen (secondary N) is 1. The number of anilines is 1. The molecule has 0 unspecified atom stereocenters. The molecule has 0 bridgehead atoms. The van der Waals surface area contributed by atoms with Crippen molar-refractivity contribution >= 4 is 29.3 Å². The van der Waals surface area contributed by atoms with Crippen LogP contribution in [0.15, 0.2) is 47.4 Å². The lowest BCUT2D eigenvalue weighted by Crippen LogP contribution is -2.37. The minimum Gasteiger partial charge on any atom is -0.484 e. The summed E-state index contributed by atoms with van der Waals surface area (Å²) in [5.41, 5.74) is 2.78. The van der Waals surface area contributed by atoms with E-state index in [1.807, 2.05) is 62.6 Å². The van der Waals surface area contributed by atoms with E-state index in [-0.39, 0.29) is 25.0 Å². The van der Waals surface area contributed by atoms with E-state index in [1.54, 1.807) is 18.8 Å². The van der Waals surface area contributed by atoms with Gasteiger partial charge in [0, 0.05) is 17.6 Å². The Morgan fingerprint density at radius 1 is 1.08 bits per heavy atom. The first-order chi connectivity index (χ1) is 12.4. The lowest BCUT2D eigenvalue weighted by atomic mass is 10.1. The molecular weight excluding hydrogens is 348 g/mol. The van der Waals surface area contributed by atoms with Gasteiger partial charge in [-0.3, -0.25) is 9.59 Å². The normalized spacial score (nSPS) is 10.3. The van der Waals surface area contributed by atoms with Gasteiger partial charge in [-0.1, -0.05) is 18.2 Å². The second-order valence-corrected chi connectivity index (χ2v) is 6.91. The second kappa shape index (κ2) is 9.29. The Morgan fingerprint density at radius 2 is 1.69 bits per heavy atom. The largest absolute Gasteiger partial charge is 0.484 e. The number of carbonyl (C=O) groups excluding carboxylic acids is 2. The van der Waals surface area contributed by atoms with E-state index in [2.05, 4.69) is 5.32 Å². The third-order valence-corrected chi connectivity index (χ3v) is 4.72. The quantitative estimate of drug-likeness (QED) is 0.756. The van der Waals surface area contributed by atoms with Gasteiger partial charge in [-0.25, -0.2) is 0 Å². The van der Waals surface area contributed by atoms with Gasteiger partial charge in [0.1, 0.15) is 5.75 Å².